The molecule has 0 bridgehead atoms. The van der Waals surface area contributed by atoms with E-state index in [0.29, 0.717) is 17.1 Å². The van der Waals surface area contributed by atoms with Crippen LogP contribution in [0, 0.1) is 0 Å². The number of amides is 1. The first-order valence-corrected chi connectivity index (χ1v) is 5.90. The van der Waals surface area contributed by atoms with Gasteiger partial charge in [0.05, 0.1) is 5.56 Å². The molecule has 0 radical (unpaired) electrons. The molecule has 21 heavy (non-hydrogen) atoms. The Labute approximate surface area is 118 Å². The van der Waals surface area contributed by atoms with Gasteiger partial charge in [-0.1, -0.05) is 0 Å². The van der Waals surface area contributed by atoms with Gasteiger partial charge in [0.25, 0.3) is 5.91 Å². The number of rotatable bonds is 2. The highest BCUT2D eigenvalue weighted by Gasteiger charge is 2.30. The van der Waals surface area contributed by atoms with E-state index in [1.54, 1.807) is 0 Å². The Hall–Kier alpha value is -2.70. The third-order valence-electron chi connectivity index (χ3n) is 2.71. The molecule has 5 N–H and O–H groups in total. The Kier molecular flexibility index (Phi) is 3.75. The van der Waals surface area contributed by atoms with Crippen molar-refractivity contribution in [1.82, 2.24) is 0 Å². The van der Waals surface area contributed by atoms with Gasteiger partial charge in [0.2, 0.25) is 0 Å². The van der Waals surface area contributed by atoms with Crippen molar-refractivity contribution in [2.45, 2.75) is 6.18 Å². The third kappa shape index (κ3) is 3.65. The average Bonchev–Trinajstić information content (AvgIpc) is 2.36. The van der Waals surface area contributed by atoms with E-state index in [1.807, 2.05) is 0 Å². The smallest absolute Gasteiger partial charge is 0.399 e. The lowest BCUT2D eigenvalue weighted by Gasteiger charge is -2.09. The van der Waals surface area contributed by atoms with Crippen molar-refractivity contribution in [2.24, 2.45) is 0 Å². The van der Waals surface area contributed by atoms with Crippen molar-refractivity contribution < 1.29 is 18.0 Å². The summed E-state index contributed by atoms with van der Waals surface area (Å²) < 4.78 is 37.3. The van der Waals surface area contributed by atoms with Crippen molar-refractivity contribution in [1.29, 1.82) is 0 Å². The summed E-state index contributed by atoms with van der Waals surface area (Å²) in [6.45, 7) is 0. The summed E-state index contributed by atoms with van der Waals surface area (Å²) in [6, 6.07) is 8.43. The van der Waals surface area contributed by atoms with Crippen LogP contribution in [0.4, 0.5) is 30.2 Å². The number of alkyl halides is 3. The lowest BCUT2D eigenvalue weighted by Crippen LogP contribution is -2.13. The van der Waals surface area contributed by atoms with E-state index in [4.69, 9.17) is 11.5 Å². The van der Waals surface area contributed by atoms with Gasteiger partial charge in [0.1, 0.15) is 0 Å². The van der Waals surface area contributed by atoms with E-state index < -0.39 is 17.6 Å². The Morgan fingerprint density at radius 2 is 1.48 bits per heavy atom. The SMILES string of the molecule is Nc1cc(N)cc(NC(=O)c2ccc(C(F)(F)F)cc2)c1. The molecular formula is C14H12F3N3O. The second kappa shape index (κ2) is 5.35. The zero-order valence-corrected chi connectivity index (χ0v) is 10.7. The topological polar surface area (TPSA) is 81.1 Å². The van der Waals surface area contributed by atoms with E-state index >= 15 is 0 Å². The van der Waals surface area contributed by atoms with E-state index in [9.17, 15) is 18.0 Å². The van der Waals surface area contributed by atoms with E-state index in [1.165, 1.54) is 18.2 Å². The molecule has 0 saturated heterocycles. The van der Waals surface area contributed by atoms with Gasteiger partial charge in [0.15, 0.2) is 0 Å². The molecule has 0 aliphatic carbocycles. The molecule has 0 aromatic heterocycles. The Morgan fingerprint density at radius 3 is 1.95 bits per heavy atom. The molecule has 4 nitrogen and oxygen atoms in total. The quantitative estimate of drug-likeness (QED) is 0.744. The Balaban J connectivity index is 2.17. The van der Waals surface area contributed by atoms with Crippen molar-refractivity contribution in [3.63, 3.8) is 0 Å². The summed E-state index contributed by atoms with van der Waals surface area (Å²) in [5, 5.41) is 2.52. The molecule has 110 valence electrons. The molecule has 2 aromatic carbocycles. The van der Waals surface area contributed by atoms with E-state index in [-0.39, 0.29) is 5.56 Å². The van der Waals surface area contributed by atoms with E-state index in [2.05, 4.69) is 5.32 Å². The van der Waals surface area contributed by atoms with Crippen LogP contribution in [-0.2, 0) is 6.18 Å². The maximum absolute atomic E-state index is 12.4. The molecule has 2 aromatic rings. The van der Waals surface area contributed by atoms with Gasteiger partial charge >= 0.3 is 6.18 Å². The molecule has 0 spiro atoms. The number of hydrogen-bond donors (Lipinski definition) is 3. The van der Waals surface area contributed by atoms with Crippen LogP contribution in [0.15, 0.2) is 42.5 Å². The molecule has 2 rings (SSSR count). The monoisotopic (exact) mass is 295 g/mol. The predicted octanol–water partition coefficient (Wildman–Crippen LogP) is 3.12. The molecule has 0 saturated carbocycles. The number of anilines is 3. The fourth-order valence-corrected chi connectivity index (χ4v) is 1.76. The number of carbonyl (C=O) groups excluding carboxylic acids is 1. The van der Waals surface area contributed by atoms with Gasteiger partial charge in [-0.2, -0.15) is 13.2 Å². The standard InChI is InChI=1S/C14H12F3N3O/c15-14(16,17)9-3-1-8(2-4-9)13(21)20-12-6-10(18)5-11(19)7-12/h1-7H,18-19H2,(H,20,21). The summed E-state index contributed by atoms with van der Waals surface area (Å²) in [7, 11) is 0. The van der Waals surface area contributed by atoms with Crippen molar-refractivity contribution in [2.75, 3.05) is 16.8 Å². The molecule has 0 aliphatic heterocycles. The van der Waals surface area contributed by atoms with Crippen molar-refractivity contribution in [3.8, 4) is 0 Å². The molecule has 0 unspecified atom stereocenters. The number of hydrogen-bond acceptors (Lipinski definition) is 3. The van der Waals surface area contributed by atoms with Crippen LogP contribution in [-0.4, -0.2) is 5.91 Å². The van der Waals surface area contributed by atoms with Gasteiger partial charge in [-0.25, -0.2) is 0 Å². The average molecular weight is 295 g/mol. The highest BCUT2D eigenvalue weighted by molar-refractivity contribution is 6.04. The maximum atomic E-state index is 12.4. The number of halogens is 3. The minimum atomic E-state index is -4.43. The molecule has 0 heterocycles. The number of nitrogens with two attached hydrogens (primary N) is 2. The molecule has 1 amide bonds. The third-order valence-corrected chi connectivity index (χ3v) is 2.71. The van der Waals surface area contributed by atoms with Crippen LogP contribution in [0.3, 0.4) is 0 Å². The second-order valence-corrected chi connectivity index (χ2v) is 4.42. The summed E-state index contributed by atoms with van der Waals surface area (Å²) >= 11 is 0. The molecule has 0 fully saturated rings. The lowest BCUT2D eigenvalue weighted by molar-refractivity contribution is -0.137. The zero-order valence-electron chi connectivity index (χ0n) is 10.7. The van der Waals surface area contributed by atoms with Gasteiger partial charge in [-0.3, -0.25) is 4.79 Å². The lowest BCUT2D eigenvalue weighted by atomic mass is 10.1. The molecular weight excluding hydrogens is 283 g/mol. The first-order valence-electron chi connectivity index (χ1n) is 5.90. The van der Waals surface area contributed by atoms with Gasteiger partial charge < -0.3 is 16.8 Å². The first-order chi connectivity index (χ1) is 9.75. The molecule has 7 heteroatoms. The fourth-order valence-electron chi connectivity index (χ4n) is 1.76. The van der Waals surface area contributed by atoms with Crippen LogP contribution >= 0.6 is 0 Å². The van der Waals surface area contributed by atoms with Crippen LogP contribution < -0.4 is 16.8 Å². The minimum Gasteiger partial charge on any atom is -0.399 e. The zero-order chi connectivity index (χ0) is 15.6. The van der Waals surface area contributed by atoms with Gasteiger partial charge in [-0.15, -0.1) is 0 Å². The van der Waals surface area contributed by atoms with Crippen molar-refractivity contribution in [3.05, 3.63) is 53.6 Å². The number of benzene rings is 2. The summed E-state index contributed by atoms with van der Waals surface area (Å²) in [5.41, 5.74) is 11.6. The summed E-state index contributed by atoms with van der Waals surface area (Å²) in [6.07, 6.45) is -4.43. The van der Waals surface area contributed by atoms with Crippen LogP contribution in [0.1, 0.15) is 15.9 Å². The Bertz CT molecular complexity index is 646. The van der Waals surface area contributed by atoms with Gasteiger partial charge in [0, 0.05) is 22.6 Å². The second-order valence-electron chi connectivity index (χ2n) is 4.42. The molecule has 0 atom stereocenters. The molecule has 0 aliphatic rings. The Morgan fingerprint density at radius 1 is 0.952 bits per heavy atom. The van der Waals surface area contributed by atoms with E-state index in [0.717, 1.165) is 24.3 Å². The number of carbonyl (C=O) groups is 1. The maximum Gasteiger partial charge on any atom is 0.416 e. The van der Waals surface area contributed by atoms with Crippen molar-refractivity contribution >= 4 is 23.0 Å². The van der Waals surface area contributed by atoms with Crippen LogP contribution in [0.5, 0.6) is 0 Å². The summed E-state index contributed by atoms with van der Waals surface area (Å²) in [5.74, 6) is -0.547. The first kappa shape index (κ1) is 14.7. The normalized spacial score (nSPS) is 11.2. The highest BCUT2D eigenvalue weighted by Crippen LogP contribution is 2.29. The summed E-state index contributed by atoms with van der Waals surface area (Å²) in [4.78, 5) is 11.9. The largest absolute Gasteiger partial charge is 0.416 e. The fraction of sp³-hybridized carbons (Fsp3) is 0.0714. The number of nitrogens with one attached hydrogen (secondary N) is 1. The minimum absolute atomic E-state index is 0.101. The van der Waals surface area contributed by atoms with Crippen LogP contribution in [0.2, 0.25) is 0 Å². The number of nitrogen functional groups attached to an aromatic ring is 2. The van der Waals surface area contributed by atoms with Gasteiger partial charge in [-0.05, 0) is 42.5 Å². The highest BCUT2D eigenvalue weighted by atomic mass is 19.4. The predicted molar refractivity (Wildman–Crippen MR) is 74.7 cm³/mol. The van der Waals surface area contributed by atoms with Crippen LogP contribution in [0.25, 0.3) is 0 Å².